The number of rotatable bonds is 7. The largest absolute Gasteiger partial charge is 0.497 e. The lowest BCUT2D eigenvalue weighted by Crippen LogP contribution is -2.23. The highest BCUT2D eigenvalue weighted by Gasteiger charge is 2.14. The van der Waals surface area contributed by atoms with Crippen LogP contribution in [0.3, 0.4) is 0 Å². The molecule has 0 saturated heterocycles. The van der Waals surface area contributed by atoms with Crippen LogP contribution in [0, 0.1) is 5.82 Å². The Balaban J connectivity index is 1.65. The van der Waals surface area contributed by atoms with Gasteiger partial charge >= 0.3 is 0 Å². The Hall–Kier alpha value is -3.58. The van der Waals surface area contributed by atoms with Crippen molar-refractivity contribution in [1.29, 1.82) is 0 Å². The topological polar surface area (TPSA) is 79.5 Å². The average molecular weight is 428 g/mol. The van der Waals surface area contributed by atoms with Crippen molar-refractivity contribution < 1.29 is 18.7 Å². The molecule has 3 aromatic carbocycles. The van der Waals surface area contributed by atoms with Gasteiger partial charge in [0.25, 0.3) is 5.91 Å². The summed E-state index contributed by atoms with van der Waals surface area (Å²) in [7, 11) is 1.55. The number of hydrogen-bond acceptors (Lipinski definition) is 4. The second-order valence-corrected chi connectivity index (χ2v) is 6.66. The number of para-hydroxylation sites is 1. The van der Waals surface area contributed by atoms with E-state index in [1.165, 1.54) is 12.1 Å². The van der Waals surface area contributed by atoms with E-state index in [0.29, 0.717) is 22.7 Å². The number of benzene rings is 3. The molecule has 0 saturated carbocycles. The van der Waals surface area contributed by atoms with E-state index < -0.39 is 11.7 Å². The van der Waals surface area contributed by atoms with Gasteiger partial charge in [0.2, 0.25) is 5.91 Å². The molecule has 6 nitrogen and oxygen atoms in total. The molecule has 0 heterocycles. The SMILES string of the molecule is COc1cccc(NC(=O)CNc2ccccc2C(=O)Nc2ccc(F)cc2Cl)c1. The van der Waals surface area contributed by atoms with Gasteiger partial charge in [-0.25, -0.2) is 4.39 Å². The van der Waals surface area contributed by atoms with Crippen LogP contribution in [0.2, 0.25) is 5.02 Å². The van der Waals surface area contributed by atoms with Crippen LogP contribution in [0.1, 0.15) is 10.4 Å². The van der Waals surface area contributed by atoms with Gasteiger partial charge in [-0.1, -0.05) is 29.8 Å². The van der Waals surface area contributed by atoms with Crippen LogP contribution in [-0.4, -0.2) is 25.5 Å². The van der Waals surface area contributed by atoms with E-state index in [2.05, 4.69) is 16.0 Å². The zero-order valence-electron chi connectivity index (χ0n) is 16.0. The van der Waals surface area contributed by atoms with Gasteiger partial charge in [-0.2, -0.15) is 0 Å². The van der Waals surface area contributed by atoms with Crippen molar-refractivity contribution in [2.45, 2.75) is 0 Å². The van der Waals surface area contributed by atoms with Gasteiger partial charge in [-0.15, -0.1) is 0 Å². The minimum absolute atomic E-state index is 0.0567. The number of nitrogens with one attached hydrogen (secondary N) is 3. The zero-order valence-corrected chi connectivity index (χ0v) is 16.8. The van der Waals surface area contributed by atoms with Crippen molar-refractivity contribution in [1.82, 2.24) is 0 Å². The third-order valence-corrected chi connectivity index (χ3v) is 4.46. The van der Waals surface area contributed by atoms with E-state index >= 15 is 0 Å². The molecule has 8 heteroatoms. The van der Waals surface area contributed by atoms with Crippen molar-refractivity contribution >= 4 is 40.5 Å². The lowest BCUT2D eigenvalue weighted by Gasteiger charge is -2.13. The second kappa shape index (κ2) is 9.76. The highest BCUT2D eigenvalue weighted by Crippen LogP contribution is 2.24. The summed E-state index contributed by atoms with van der Waals surface area (Å²) in [6.45, 7) is -0.0567. The minimum Gasteiger partial charge on any atom is -0.497 e. The first kappa shape index (κ1) is 21.1. The van der Waals surface area contributed by atoms with Crippen LogP contribution in [0.4, 0.5) is 21.5 Å². The van der Waals surface area contributed by atoms with Gasteiger partial charge in [0.05, 0.1) is 29.9 Å². The predicted octanol–water partition coefficient (Wildman–Crippen LogP) is 4.79. The summed E-state index contributed by atoms with van der Waals surface area (Å²) >= 11 is 5.97. The fraction of sp³-hybridized carbons (Fsp3) is 0.0909. The van der Waals surface area contributed by atoms with E-state index in [1.54, 1.807) is 55.6 Å². The van der Waals surface area contributed by atoms with Gasteiger partial charge in [0.15, 0.2) is 0 Å². The number of carbonyl (C=O) groups excluding carboxylic acids is 2. The van der Waals surface area contributed by atoms with E-state index in [4.69, 9.17) is 16.3 Å². The van der Waals surface area contributed by atoms with Crippen LogP contribution < -0.4 is 20.7 Å². The molecular weight excluding hydrogens is 409 g/mol. The molecule has 154 valence electrons. The van der Waals surface area contributed by atoms with Crippen molar-refractivity contribution in [3.63, 3.8) is 0 Å². The molecule has 0 bridgehead atoms. The van der Waals surface area contributed by atoms with E-state index in [9.17, 15) is 14.0 Å². The Labute approximate surface area is 178 Å². The molecule has 0 aliphatic heterocycles. The van der Waals surface area contributed by atoms with Gasteiger partial charge in [-0.05, 0) is 42.5 Å². The molecule has 0 aliphatic carbocycles. The summed E-state index contributed by atoms with van der Waals surface area (Å²) in [5, 5.41) is 8.44. The molecule has 3 N–H and O–H groups in total. The third kappa shape index (κ3) is 5.48. The van der Waals surface area contributed by atoms with Crippen LogP contribution in [0.15, 0.2) is 66.7 Å². The Morgan fingerprint density at radius 1 is 0.967 bits per heavy atom. The first-order valence-electron chi connectivity index (χ1n) is 8.99. The third-order valence-electron chi connectivity index (χ3n) is 4.14. The molecule has 0 spiro atoms. The number of ether oxygens (including phenoxy) is 1. The van der Waals surface area contributed by atoms with Gasteiger partial charge in [-0.3, -0.25) is 9.59 Å². The number of hydrogen-bond donors (Lipinski definition) is 3. The lowest BCUT2D eigenvalue weighted by molar-refractivity contribution is -0.114. The Bertz CT molecular complexity index is 1070. The average Bonchev–Trinajstić information content (AvgIpc) is 2.74. The van der Waals surface area contributed by atoms with E-state index in [-0.39, 0.29) is 23.2 Å². The monoisotopic (exact) mass is 427 g/mol. The first-order valence-corrected chi connectivity index (χ1v) is 9.37. The minimum atomic E-state index is -0.498. The molecule has 0 atom stereocenters. The van der Waals surface area contributed by atoms with Crippen molar-refractivity contribution in [2.75, 3.05) is 29.6 Å². The molecule has 0 radical (unpaired) electrons. The smallest absolute Gasteiger partial charge is 0.257 e. The lowest BCUT2D eigenvalue weighted by atomic mass is 10.1. The van der Waals surface area contributed by atoms with Crippen LogP contribution in [0.5, 0.6) is 5.75 Å². The number of carbonyl (C=O) groups is 2. The maximum absolute atomic E-state index is 13.2. The quantitative estimate of drug-likeness (QED) is 0.506. The normalized spacial score (nSPS) is 10.2. The Morgan fingerprint density at radius 3 is 2.53 bits per heavy atom. The highest BCUT2D eigenvalue weighted by atomic mass is 35.5. The molecule has 0 unspecified atom stereocenters. The zero-order chi connectivity index (χ0) is 21.5. The van der Waals surface area contributed by atoms with Crippen LogP contribution >= 0.6 is 11.6 Å². The molecule has 0 aromatic heterocycles. The van der Waals surface area contributed by atoms with Crippen LogP contribution in [-0.2, 0) is 4.79 Å². The second-order valence-electron chi connectivity index (χ2n) is 6.26. The predicted molar refractivity (Wildman–Crippen MR) is 116 cm³/mol. The Kier molecular flexibility index (Phi) is 6.87. The standard InChI is InChI=1S/C22H19ClFN3O3/c1-30-16-6-4-5-15(12-16)26-21(28)13-25-19-8-3-2-7-17(19)22(29)27-20-10-9-14(24)11-18(20)23/h2-12,25H,13H2,1H3,(H,26,28)(H,27,29). The van der Waals surface area contributed by atoms with Gasteiger partial charge < -0.3 is 20.7 Å². The maximum Gasteiger partial charge on any atom is 0.257 e. The summed E-state index contributed by atoms with van der Waals surface area (Å²) in [6, 6.07) is 17.4. The first-order chi connectivity index (χ1) is 14.5. The highest BCUT2D eigenvalue weighted by molar-refractivity contribution is 6.34. The summed E-state index contributed by atoms with van der Waals surface area (Å²) in [6.07, 6.45) is 0. The van der Waals surface area contributed by atoms with Crippen molar-refractivity contribution in [2.24, 2.45) is 0 Å². The molecular formula is C22H19ClFN3O3. The molecule has 3 aromatic rings. The fourth-order valence-electron chi connectivity index (χ4n) is 2.70. The molecule has 0 fully saturated rings. The van der Waals surface area contributed by atoms with E-state index in [1.807, 2.05) is 0 Å². The molecule has 0 aliphatic rings. The Morgan fingerprint density at radius 2 is 1.77 bits per heavy atom. The summed E-state index contributed by atoms with van der Waals surface area (Å²) < 4.78 is 18.3. The fourth-order valence-corrected chi connectivity index (χ4v) is 2.91. The molecule has 2 amide bonds. The van der Waals surface area contributed by atoms with Gasteiger partial charge in [0, 0.05) is 17.4 Å². The number of halogens is 2. The summed E-state index contributed by atoms with van der Waals surface area (Å²) in [4.78, 5) is 24.9. The molecule has 3 rings (SSSR count). The van der Waals surface area contributed by atoms with Crippen molar-refractivity contribution in [3.8, 4) is 5.75 Å². The van der Waals surface area contributed by atoms with Crippen LogP contribution in [0.25, 0.3) is 0 Å². The van der Waals surface area contributed by atoms with E-state index in [0.717, 1.165) is 6.07 Å². The maximum atomic E-state index is 13.2. The number of amides is 2. The van der Waals surface area contributed by atoms with Gasteiger partial charge in [0.1, 0.15) is 11.6 Å². The number of methoxy groups -OCH3 is 1. The number of anilines is 3. The van der Waals surface area contributed by atoms with Crippen molar-refractivity contribution in [3.05, 3.63) is 83.1 Å². The summed E-state index contributed by atoms with van der Waals surface area (Å²) in [5.74, 6) is -0.607. The molecule has 30 heavy (non-hydrogen) atoms. The summed E-state index contributed by atoms with van der Waals surface area (Å²) in [5.41, 5.74) is 1.66.